The quantitative estimate of drug-likeness (QED) is 0.356. The molecule has 0 atom stereocenters. The van der Waals surface area contributed by atoms with Crippen LogP contribution in [0.4, 0.5) is 5.69 Å². The molecule has 0 aliphatic carbocycles. The van der Waals surface area contributed by atoms with Crippen LogP contribution in [0.3, 0.4) is 0 Å². The Labute approximate surface area is 85.8 Å². The van der Waals surface area contributed by atoms with Gasteiger partial charge in [-0.3, -0.25) is 14.9 Å². The highest BCUT2D eigenvalue weighted by Crippen LogP contribution is 2.16. The van der Waals surface area contributed by atoms with Gasteiger partial charge in [0.1, 0.15) is 5.76 Å². The maximum atomic E-state index is 10.7. The summed E-state index contributed by atoms with van der Waals surface area (Å²) >= 11 is 0. The van der Waals surface area contributed by atoms with Crippen molar-refractivity contribution in [2.45, 2.75) is 6.92 Å². The zero-order chi connectivity index (χ0) is 11.4. The SMILES string of the molecule is CC(=O)C=C(O)c1ccc([N+](=O)[O-])cc1. The first-order valence-electron chi connectivity index (χ1n) is 4.17. The normalized spacial score (nSPS) is 11.1. The number of hydrogen-bond acceptors (Lipinski definition) is 4. The van der Waals surface area contributed by atoms with Crippen LogP contribution in [0.2, 0.25) is 0 Å². The second kappa shape index (κ2) is 4.36. The molecule has 78 valence electrons. The summed E-state index contributed by atoms with van der Waals surface area (Å²) in [5.41, 5.74) is 0.310. The van der Waals surface area contributed by atoms with Crippen molar-refractivity contribution < 1.29 is 14.8 Å². The maximum absolute atomic E-state index is 10.7. The lowest BCUT2D eigenvalue weighted by molar-refractivity contribution is -0.384. The monoisotopic (exact) mass is 207 g/mol. The average molecular weight is 207 g/mol. The van der Waals surface area contributed by atoms with E-state index in [0.29, 0.717) is 5.56 Å². The number of nitro groups is 1. The second-order valence-corrected chi connectivity index (χ2v) is 2.94. The van der Waals surface area contributed by atoms with Gasteiger partial charge in [-0.15, -0.1) is 0 Å². The Morgan fingerprint density at radius 2 is 1.93 bits per heavy atom. The topological polar surface area (TPSA) is 80.4 Å². The Morgan fingerprint density at radius 1 is 1.40 bits per heavy atom. The minimum atomic E-state index is -0.532. The van der Waals surface area contributed by atoms with Crippen LogP contribution in [0.15, 0.2) is 30.3 Å². The van der Waals surface area contributed by atoms with Crippen molar-refractivity contribution in [2.75, 3.05) is 0 Å². The third-order valence-corrected chi connectivity index (χ3v) is 1.71. The van der Waals surface area contributed by atoms with E-state index in [0.717, 1.165) is 6.08 Å². The van der Waals surface area contributed by atoms with Crippen molar-refractivity contribution in [1.29, 1.82) is 0 Å². The van der Waals surface area contributed by atoms with Crippen LogP contribution >= 0.6 is 0 Å². The van der Waals surface area contributed by atoms with Gasteiger partial charge in [0.2, 0.25) is 0 Å². The molecule has 0 aliphatic heterocycles. The summed E-state index contributed by atoms with van der Waals surface area (Å²) in [5.74, 6) is -0.483. The van der Waals surface area contributed by atoms with Gasteiger partial charge >= 0.3 is 0 Å². The highest BCUT2D eigenvalue weighted by atomic mass is 16.6. The summed E-state index contributed by atoms with van der Waals surface area (Å²) in [4.78, 5) is 20.5. The van der Waals surface area contributed by atoms with Gasteiger partial charge in [0, 0.05) is 23.8 Å². The molecule has 5 nitrogen and oxygen atoms in total. The Hall–Kier alpha value is -2.17. The molecule has 0 saturated carbocycles. The molecule has 0 fully saturated rings. The predicted molar refractivity (Wildman–Crippen MR) is 54.4 cm³/mol. The lowest BCUT2D eigenvalue weighted by atomic mass is 10.1. The first-order chi connectivity index (χ1) is 7.00. The molecule has 0 aromatic heterocycles. The number of aliphatic hydroxyl groups is 1. The predicted octanol–water partition coefficient (Wildman–Crippen LogP) is 2.08. The highest BCUT2D eigenvalue weighted by molar-refractivity contribution is 5.93. The fourth-order valence-corrected chi connectivity index (χ4v) is 1.03. The molecule has 0 radical (unpaired) electrons. The van der Waals surface area contributed by atoms with Crippen molar-refractivity contribution in [2.24, 2.45) is 0 Å². The van der Waals surface area contributed by atoms with Crippen LogP contribution in [0, 0.1) is 10.1 Å². The molecule has 15 heavy (non-hydrogen) atoms. The summed E-state index contributed by atoms with van der Waals surface area (Å²) in [5, 5.41) is 19.7. The number of nitro benzene ring substituents is 1. The number of benzene rings is 1. The largest absolute Gasteiger partial charge is 0.507 e. The van der Waals surface area contributed by atoms with E-state index in [1.54, 1.807) is 0 Å². The molecule has 5 heteroatoms. The third-order valence-electron chi connectivity index (χ3n) is 1.71. The van der Waals surface area contributed by atoms with Gasteiger partial charge < -0.3 is 5.11 Å². The molecule has 0 unspecified atom stereocenters. The zero-order valence-corrected chi connectivity index (χ0v) is 8.01. The first kappa shape index (κ1) is 10.9. The van der Waals surface area contributed by atoms with E-state index in [9.17, 15) is 20.0 Å². The molecule has 0 heterocycles. The lowest BCUT2D eigenvalue weighted by Crippen LogP contribution is -1.91. The van der Waals surface area contributed by atoms with Gasteiger partial charge in [-0.05, 0) is 19.1 Å². The Balaban J connectivity index is 2.99. The standard InChI is InChI=1S/C10H9NO4/c1-7(12)6-10(13)8-2-4-9(5-3-8)11(14)15/h2-6,13H,1H3. The molecule has 0 amide bonds. The van der Waals surface area contributed by atoms with Gasteiger partial charge in [0.05, 0.1) is 4.92 Å². The third kappa shape index (κ3) is 2.91. The fraction of sp³-hybridized carbons (Fsp3) is 0.100. The molecule has 1 aromatic rings. The van der Waals surface area contributed by atoms with Crippen LogP contribution < -0.4 is 0 Å². The number of carbonyl (C=O) groups is 1. The summed E-state index contributed by atoms with van der Waals surface area (Å²) in [6, 6.07) is 5.29. The Morgan fingerprint density at radius 3 is 2.33 bits per heavy atom. The van der Waals surface area contributed by atoms with E-state index in [1.165, 1.54) is 31.2 Å². The molecule has 0 saturated heterocycles. The molecule has 0 spiro atoms. The molecule has 1 N–H and O–H groups in total. The number of allylic oxidation sites excluding steroid dienone is 1. The van der Waals surface area contributed by atoms with Crippen LogP contribution in [0.5, 0.6) is 0 Å². The average Bonchev–Trinajstić information content (AvgIpc) is 2.17. The van der Waals surface area contributed by atoms with Crippen LogP contribution in [0.25, 0.3) is 5.76 Å². The second-order valence-electron chi connectivity index (χ2n) is 2.94. The molecule has 1 rings (SSSR count). The number of nitrogens with zero attached hydrogens (tertiary/aromatic N) is 1. The smallest absolute Gasteiger partial charge is 0.269 e. The van der Waals surface area contributed by atoms with Crippen LogP contribution in [-0.2, 0) is 4.79 Å². The van der Waals surface area contributed by atoms with Gasteiger partial charge in [-0.25, -0.2) is 0 Å². The van der Waals surface area contributed by atoms with Crippen molar-refractivity contribution in [1.82, 2.24) is 0 Å². The van der Waals surface area contributed by atoms with Crippen molar-refractivity contribution in [3.63, 3.8) is 0 Å². The molecular weight excluding hydrogens is 198 g/mol. The van der Waals surface area contributed by atoms with E-state index in [4.69, 9.17) is 0 Å². The minimum Gasteiger partial charge on any atom is -0.507 e. The number of hydrogen-bond donors (Lipinski definition) is 1. The minimum absolute atomic E-state index is 0.0608. The number of ketones is 1. The highest BCUT2D eigenvalue weighted by Gasteiger charge is 2.06. The van der Waals surface area contributed by atoms with Crippen molar-refractivity contribution in [3.05, 3.63) is 46.0 Å². The molecule has 0 aliphatic rings. The van der Waals surface area contributed by atoms with Crippen LogP contribution in [0.1, 0.15) is 12.5 Å². The van der Waals surface area contributed by atoms with Gasteiger partial charge in [0.15, 0.2) is 5.78 Å². The summed E-state index contributed by atoms with van der Waals surface area (Å²) in [7, 11) is 0. The van der Waals surface area contributed by atoms with Gasteiger partial charge in [-0.2, -0.15) is 0 Å². The van der Waals surface area contributed by atoms with E-state index in [-0.39, 0.29) is 17.2 Å². The fourth-order valence-electron chi connectivity index (χ4n) is 1.03. The lowest BCUT2D eigenvalue weighted by Gasteiger charge is -1.98. The Kier molecular flexibility index (Phi) is 3.17. The van der Waals surface area contributed by atoms with E-state index in [1.807, 2.05) is 0 Å². The van der Waals surface area contributed by atoms with E-state index < -0.39 is 4.92 Å². The first-order valence-corrected chi connectivity index (χ1v) is 4.17. The van der Waals surface area contributed by atoms with E-state index >= 15 is 0 Å². The van der Waals surface area contributed by atoms with Crippen molar-refractivity contribution >= 4 is 17.2 Å². The van der Waals surface area contributed by atoms with Gasteiger partial charge in [-0.1, -0.05) is 0 Å². The zero-order valence-electron chi connectivity index (χ0n) is 8.01. The summed E-state index contributed by atoms with van der Waals surface area (Å²) in [6.07, 6.45) is 1.06. The number of rotatable bonds is 3. The number of non-ortho nitro benzene ring substituents is 1. The van der Waals surface area contributed by atoms with Gasteiger partial charge in [0.25, 0.3) is 5.69 Å². The molecule has 0 bridgehead atoms. The Bertz CT molecular complexity index is 420. The number of aliphatic hydroxyl groups excluding tert-OH is 1. The van der Waals surface area contributed by atoms with Crippen molar-refractivity contribution in [3.8, 4) is 0 Å². The molecular formula is C10H9NO4. The van der Waals surface area contributed by atoms with Crippen LogP contribution in [-0.4, -0.2) is 15.8 Å². The summed E-state index contributed by atoms with van der Waals surface area (Å²) in [6.45, 7) is 1.31. The van der Waals surface area contributed by atoms with E-state index in [2.05, 4.69) is 0 Å². The number of carbonyl (C=O) groups excluding carboxylic acids is 1. The summed E-state index contributed by atoms with van der Waals surface area (Å²) < 4.78 is 0. The molecule has 1 aromatic carbocycles. The maximum Gasteiger partial charge on any atom is 0.269 e.